The molecule has 0 radical (unpaired) electrons. The molecule has 2 N–H and O–H groups in total. The van der Waals surface area contributed by atoms with Crippen molar-refractivity contribution in [2.24, 2.45) is 5.92 Å². The first-order valence-corrected chi connectivity index (χ1v) is 10.3. The average molecular weight is 402 g/mol. The molecule has 0 saturated heterocycles. The van der Waals surface area contributed by atoms with Gasteiger partial charge in [-0.25, -0.2) is 0 Å². The number of benzene rings is 1. The number of nitrogens with zero attached hydrogens (tertiary/aromatic N) is 2. The molecule has 1 fully saturated rings. The molecule has 1 aliphatic carbocycles. The number of hydrogen-bond donors (Lipinski definition) is 2. The number of carbonyl (C=O) groups is 3. The van der Waals surface area contributed by atoms with Crippen LogP contribution in [0, 0.1) is 5.92 Å². The third kappa shape index (κ3) is 4.98. The number of Topliss-reactive ketones (excluding diaryl/α,β-unsaturated/α-hetero) is 1. The first kappa shape index (κ1) is 20.1. The second kappa shape index (κ2) is 9.50. The molecule has 1 saturated carbocycles. The van der Waals surface area contributed by atoms with Crippen molar-refractivity contribution in [3.63, 3.8) is 0 Å². The lowest BCUT2D eigenvalue weighted by Gasteiger charge is -2.31. The van der Waals surface area contributed by atoms with Gasteiger partial charge in [0.15, 0.2) is 0 Å². The molecule has 2 aromatic rings. The van der Waals surface area contributed by atoms with E-state index in [1.165, 1.54) is 11.8 Å². The van der Waals surface area contributed by atoms with Crippen LogP contribution in [0.4, 0.5) is 0 Å². The lowest BCUT2D eigenvalue weighted by molar-refractivity contribution is -0.126. The van der Waals surface area contributed by atoms with Gasteiger partial charge in [-0.3, -0.25) is 14.4 Å². The van der Waals surface area contributed by atoms with Gasteiger partial charge in [-0.05, 0) is 31.2 Å². The van der Waals surface area contributed by atoms with Gasteiger partial charge >= 0.3 is 0 Å². The molecule has 2 amide bonds. The maximum Gasteiger partial charge on any atom is 0.286 e. The minimum absolute atomic E-state index is 0.123. The van der Waals surface area contributed by atoms with Crippen LogP contribution in [0.3, 0.4) is 0 Å². The van der Waals surface area contributed by atoms with Crippen molar-refractivity contribution in [2.45, 2.75) is 36.9 Å². The van der Waals surface area contributed by atoms with Crippen molar-refractivity contribution in [3.8, 4) is 0 Å². The molecule has 0 bridgehead atoms. The van der Waals surface area contributed by atoms with Crippen molar-refractivity contribution in [1.82, 2.24) is 20.8 Å². The fourth-order valence-corrected chi connectivity index (χ4v) is 3.52. The maximum atomic E-state index is 12.6. The molecule has 9 heteroatoms. The predicted molar refractivity (Wildman–Crippen MR) is 103 cm³/mol. The third-order valence-electron chi connectivity index (χ3n) is 4.70. The Morgan fingerprint density at radius 3 is 2.61 bits per heavy atom. The van der Waals surface area contributed by atoms with Crippen LogP contribution < -0.4 is 10.6 Å². The molecular weight excluding hydrogens is 380 g/mol. The summed E-state index contributed by atoms with van der Waals surface area (Å²) >= 11 is 1.24. The van der Waals surface area contributed by atoms with Crippen molar-refractivity contribution < 1.29 is 18.8 Å². The first-order chi connectivity index (χ1) is 13.6. The quantitative estimate of drug-likeness (QED) is 0.538. The lowest BCUT2D eigenvalue weighted by atomic mass is 9.83. The second-order valence-corrected chi connectivity index (χ2v) is 7.31. The van der Waals surface area contributed by atoms with Gasteiger partial charge in [0.1, 0.15) is 0 Å². The van der Waals surface area contributed by atoms with Crippen molar-refractivity contribution in [3.05, 3.63) is 41.8 Å². The van der Waals surface area contributed by atoms with Crippen LogP contribution in [0.5, 0.6) is 0 Å². The minimum Gasteiger partial charge on any atom is -0.408 e. The standard InChI is InChI=1S/C19H22N4O4S/c1-28-19-23-22-18(27-19)15(24)11-20-17(26)13-9-5-6-10-14(13)21-16(25)12-7-3-2-4-8-12/h2-4,7-8,13-14H,5-6,9-11H2,1H3,(H,20,26)(H,21,25)/t13-,14+/m1/s1. The van der Waals surface area contributed by atoms with Crippen molar-refractivity contribution in [1.29, 1.82) is 0 Å². The highest BCUT2D eigenvalue weighted by molar-refractivity contribution is 7.98. The normalized spacial score (nSPS) is 19.0. The number of amides is 2. The van der Waals surface area contributed by atoms with Crippen LogP contribution in [-0.2, 0) is 4.79 Å². The van der Waals surface area contributed by atoms with E-state index in [0.717, 1.165) is 19.3 Å². The van der Waals surface area contributed by atoms with E-state index >= 15 is 0 Å². The van der Waals surface area contributed by atoms with E-state index in [0.29, 0.717) is 17.2 Å². The molecule has 148 valence electrons. The molecule has 8 nitrogen and oxygen atoms in total. The average Bonchev–Trinajstić information content (AvgIpc) is 3.22. The van der Waals surface area contributed by atoms with Crippen LogP contribution >= 0.6 is 11.8 Å². The highest BCUT2D eigenvalue weighted by Gasteiger charge is 2.32. The Labute approximate surface area is 166 Å². The highest BCUT2D eigenvalue weighted by Crippen LogP contribution is 2.25. The lowest BCUT2D eigenvalue weighted by Crippen LogP contribution is -2.49. The van der Waals surface area contributed by atoms with Crippen LogP contribution in [0.2, 0.25) is 0 Å². The number of rotatable bonds is 7. The predicted octanol–water partition coefficient (Wildman–Crippen LogP) is 2.08. The van der Waals surface area contributed by atoms with Gasteiger partial charge in [-0.2, -0.15) is 0 Å². The van der Waals surface area contributed by atoms with Gasteiger partial charge in [0, 0.05) is 11.6 Å². The Bertz CT molecular complexity index is 839. The highest BCUT2D eigenvalue weighted by atomic mass is 32.2. The fraction of sp³-hybridized carbons (Fsp3) is 0.421. The minimum atomic E-state index is -0.443. The fourth-order valence-electron chi connectivity index (χ4n) is 3.24. The molecule has 1 heterocycles. The summed E-state index contributed by atoms with van der Waals surface area (Å²) < 4.78 is 5.18. The molecule has 3 rings (SSSR count). The summed E-state index contributed by atoms with van der Waals surface area (Å²) in [4.78, 5) is 37.2. The summed E-state index contributed by atoms with van der Waals surface area (Å²) in [5.41, 5.74) is 0.559. The number of ketones is 1. The van der Waals surface area contributed by atoms with E-state index in [9.17, 15) is 14.4 Å². The smallest absolute Gasteiger partial charge is 0.286 e. The monoisotopic (exact) mass is 402 g/mol. The summed E-state index contributed by atoms with van der Waals surface area (Å²) in [5, 5.41) is 13.3. The molecular formula is C19H22N4O4S. The molecule has 0 unspecified atom stereocenters. The van der Waals surface area contributed by atoms with Crippen molar-refractivity contribution in [2.75, 3.05) is 12.8 Å². The first-order valence-electron chi connectivity index (χ1n) is 9.13. The Balaban J connectivity index is 1.57. The number of thioether (sulfide) groups is 1. The SMILES string of the molecule is CSc1nnc(C(=O)CNC(=O)[C@@H]2CCCC[C@@H]2NC(=O)c2ccccc2)o1. The number of hydrogen-bond acceptors (Lipinski definition) is 7. The molecule has 1 aliphatic rings. The summed E-state index contributed by atoms with van der Waals surface area (Å²) in [5.74, 6) is -1.39. The molecule has 2 atom stereocenters. The topological polar surface area (TPSA) is 114 Å². The Morgan fingerprint density at radius 2 is 1.89 bits per heavy atom. The van der Waals surface area contributed by atoms with Gasteiger partial charge in [0.05, 0.1) is 12.5 Å². The Morgan fingerprint density at radius 1 is 1.14 bits per heavy atom. The molecule has 28 heavy (non-hydrogen) atoms. The van der Waals surface area contributed by atoms with E-state index in [4.69, 9.17) is 4.42 Å². The van der Waals surface area contributed by atoms with Crippen LogP contribution in [0.25, 0.3) is 0 Å². The Hall–Kier alpha value is -2.68. The van der Waals surface area contributed by atoms with Crippen LogP contribution in [0.15, 0.2) is 40.0 Å². The van der Waals surface area contributed by atoms with Gasteiger partial charge in [-0.1, -0.05) is 42.8 Å². The summed E-state index contributed by atoms with van der Waals surface area (Å²) in [6.45, 7) is -0.218. The second-order valence-electron chi connectivity index (χ2n) is 6.56. The van der Waals surface area contributed by atoms with Gasteiger partial charge < -0.3 is 15.1 Å². The Kier molecular flexibility index (Phi) is 6.80. The maximum absolute atomic E-state index is 12.6. The van der Waals surface area contributed by atoms with E-state index in [2.05, 4.69) is 20.8 Å². The largest absolute Gasteiger partial charge is 0.408 e. The van der Waals surface area contributed by atoms with E-state index in [1.54, 1.807) is 30.5 Å². The molecule has 0 spiro atoms. The number of carbonyl (C=O) groups excluding carboxylic acids is 3. The summed E-state index contributed by atoms with van der Waals surface area (Å²) in [7, 11) is 0. The van der Waals surface area contributed by atoms with E-state index in [-0.39, 0.29) is 36.2 Å². The molecule has 1 aromatic heterocycles. The molecule has 1 aromatic carbocycles. The zero-order valence-electron chi connectivity index (χ0n) is 15.5. The number of nitrogens with one attached hydrogen (secondary N) is 2. The zero-order valence-corrected chi connectivity index (χ0v) is 16.3. The van der Waals surface area contributed by atoms with Gasteiger partial charge in [0.25, 0.3) is 17.0 Å². The van der Waals surface area contributed by atoms with Crippen LogP contribution in [-0.4, -0.2) is 46.6 Å². The van der Waals surface area contributed by atoms with E-state index in [1.807, 2.05) is 6.07 Å². The van der Waals surface area contributed by atoms with E-state index < -0.39 is 5.78 Å². The number of aromatic nitrogens is 2. The van der Waals surface area contributed by atoms with Crippen molar-refractivity contribution >= 4 is 29.4 Å². The van der Waals surface area contributed by atoms with Gasteiger partial charge in [0.2, 0.25) is 11.7 Å². The third-order valence-corrected chi connectivity index (χ3v) is 5.21. The summed E-state index contributed by atoms with van der Waals surface area (Å²) in [6, 6.07) is 8.65. The molecule has 0 aliphatic heterocycles. The zero-order chi connectivity index (χ0) is 19.9. The van der Waals surface area contributed by atoms with Crippen LogP contribution in [0.1, 0.15) is 46.7 Å². The van der Waals surface area contributed by atoms with Gasteiger partial charge in [-0.15, -0.1) is 10.2 Å². The summed E-state index contributed by atoms with van der Waals surface area (Å²) in [6.07, 6.45) is 5.01.